The summed E-state index contributed by atoms with van der Waals surface area (Å²) in [5, 5.41) is 7.14. The Morgan fingerprint density at radius 3 is 2.34 bits per heavy atom. The maximum atomic E-state index is 12.7. The van der Waals surface area contributed by atoms with Gasteiger partial charge in [0, 0.05) is 37.5 Å². The molecule has 0 atom stereocenters. The van der Waals surface area contributed by atoms with Gasteiger partial charge in [-0.1, -0.05) is 37.3 Å². The summed E-state index contributed by atoms with van der Waals surface area (Å²) in [6, 6.07) is 6.83. The van der Waals surface area contributed by atoms with Crippen LogP contribution in [0.3, 0.4) is 0 Å². The Bertz CT molecular complexity index is 989. The van der Waals surface area contributed by atoms with Gasteiger partial charge in [-0.2, -0.15) is 9.29 Å². The molecule has 1 saturated heterocycles. The molecule has 1 saturated carbocycles. The van der Waals surface area contributed by atoms with Gasteiger partial charge in [0.15, 0.2) is 0 Å². The van der Waals surface area contributed by atoms with Crippen LogP contribution in [0.25, 0.3) is 11.4 Å². The van der Waals surface area contributed by atoms with Crippen molar-refractivity contribution in [3.8, 4) is 11.4 Å². The maximum Gasteiger partial charge on any atom is 0.243 e. The van der Waals surface area contributed by atoms with Crippen molar-refractivity contribution in [2.45, 2.75) is 81.6 Å². The van der Waals surface area contributed by atoms with Crippen LogP contribution >= 0.6 is 0 Å². The largest absolute Gasteiger partial charge is 0.353 e. The molecule has 1 aliphatic carbocycles. The highest BCUT2D eigenvalue weighted by molar-refractivity contribution is 7.89. The molecule has 2 fully saturated rings. The highest BCUT2D eigenvalue weighted by Gasteiger charge is 2.27. The third-order valence-electron chi connectivity index (χ3n) is 6.32. The number of nitrogens with zero attached hydrogens (tertiary/aromatic N) is 3. The number of benzene rings is 1. The van der Waals surface area contributed by atoms with Crippen molar-refractivity contribution in [3.63, 3.8) is 0 Å². The zero-order chi connectivity index (χ0) is 22.4. The number of sulfonamides is 1. The molecule has 0 unspecified atom stereocenters. The van der Waals surface area contributed by atoms with Gasteiger partial charge in [-0.15, -0.1) is 0 Å². The minimum atomic E-state index is -3.44. The third-order valence-corrected chi connectivity index (χ3v) is 8.23. The number of aryl methyl sites for hydroxylation is 1. The van der Waals surface area contributed by atoms with Gasteiger partial charge >= 0.3 is 0 Å². The Balaban J connectivity index is 1.31. The zero-order valence-electron chi connectivity index (χ0n) is 18.5. The van der Waals surface area contributed by atoms with Gasteiger partial charge in [0.1, 0.15) is 0 Å². The maximum absolute atomic E-state index is 12.7. The molecule has 1 aromatic heterocycles. The van der Waals surface area contributed by atoms with Crippen LogP contribution in [0.15, 0.2) is 33.7 Å². The quantitative estimate of drug-likeness (QED) is 0.676. The van der Waals surface area contributed by atoms with E-state index < -0.39 is 10.0 Å². The van der Waals surface area contributed by atoms with Gasteiger partial charge in [0.25, 0.3) is 0 Å². The lowest BCUT2D eigenvalue weighted by atomic mass is 9.96. The molecule has 1 amide bonds. The first-order valence-electron chi connectivity index (χ1n) is 11.7. The molecule has 4 rings (SSSR count). The minimum absolute atomic E-state index is 0.0202. The van der Waals surface area contributed by atoms with E-state index in [2.05, 4.69) is 15.5 Å². The summed E-state index contributed by atoms with van der Waals surface area (Å²) >= 11 is 0. The van der Waals surface area contributed by atoms with E-state index in [0.717, 1.165) is 25.7 Å². The second-order valence-corrected chi connectivity index (χ2v) is 10.7. The second-order valence-electron chi connectivity index (χ2n) is 8.76. The monoisotopic (exact) mass is 460 g/mol. The van der Waals surface area contributed by atoms with Crippen LogP contribution in [-0.4, -0.2) is 47.9 Å². The smallest absolute Gasteiger partial charge is 0.243 e. The Hall–Kier alpha value is -2.26. The molecule has 9 heteroatoms. The molecular weight excluding hydrogens is 428 g/mol. The number of carbonyl (C=O) groups excluding carboxylic acids is 1. The van der Waals surface area contributed by atoms with Crippen molar-refractivity contribution < 1.29 is 17.7 Å². The number of nitrogens with one attached hydrogen (secondary N) is 1. The predicted molar refractivity (Wildman–Crippen MR) is 120 cm³/mol. The average Bonchev–Trinajstić information content (AvgIpc) is 3.47. The summed E-state index contributed by atoms with van der Waals surface area (Å²) in [5.74, 6) is 0.818. The van der Waals surface area contributed by atoms with Crippen LogP contribution in [0.2, 0.25) is 0 Å². The molecular formula is C23H32N4O4S. The molecule has 0 spiro atoms. The summed E-state index contributed by atoms with van der Waals surface area (Å²) in [7, 11) is -3.44. The molecule has 8 nitrogen and oxygen atoms in total. The lowest BCUT2D eigenvalue weighted by Gasteiger charge is -2.20. The van der Waals surface area contributed by atoms with Crippen LogP contribution < -0.4 is 5.32 Å². The van der Waals surface area contributed by atoms with E-state index in [9.17, 15) is 13.2 Å². The second kappa shape index (κ2) is 10.6. The highest BCUT2D eigenvalue weighted by atomic mass is 32.2. The Morgan fingerprint density at radius 2 is 1.66 bits per heavy atom. The van der Waals surface area contributed by atoms with Gasteiger partial charge in [0.05, 0.1) is 4.90 Å². The molecule has 174 valence electrons. The SMILES string of the molecule is O=C(CCc1nc(-c2ccc(S(=O)(=O)N3CCCC3)cc2)no1)NC1CCCCCCC1. The number of rotatable bonds is 7. The topological polar surface area (TPSA) is 105 Å². The molecule has 2 heterocycles. The summed E-state index contributed by atoms with van der Waals surface area (Å²) in [6.07, 6.45) is 10.8. The van der Waals surface area contributed by atoms with Crippen molar-refractivity contribution >= 4 is 15.9 Å². The van der Waals surface area contributed by atoms with Crippen LogP contribution in [0.1, 0.15) is 70.1 Å². The molecule has 32 heavy (non-hydrogen) atoms. The summed E-state index contributed by atoms with van der Waals surface area (Å²) < 4.78 is 32.1. The summed E-state index contributed by atoms with van der Waals surface area (Å²) in [4.78, 5) is 17.0. The van der Waals surface area contributed by atoms with E-state index in [1.165, 1.54) is 36.4 Å². The van der Waals surface area contributed by atoms with Gasteiger partial charge in [0.2, 0.25) is 27.6 Å². The lowest BCUT2D eigenvalue weighted by Crippen LogP contribution is -2.35. The molecule has 0 radical (unpaired) electrons. The van der Waals surface area contributed by atoms with Crippen molar-refractivity contribution in [2.75, 3.05) is 13.1 Å². The van der Waals surface area contributed by atoms with Gasteiger partial charge < -0.3 is 9.84 Å². The standard InChI is InChI=1S/C23H32N4O4S/c28-21(24-19-8-4-2-1-3-5-9-19)14-15-22-25-23(26-31-22)18-10-12-20(13-11-18)32(29,30)27-16-6-7-17-27/h10-13,19H,1-9,14-17H2,(H,24,28). The first-order valence-corrected chi connectivity index (χ1v) is 13.2. The van der Waals surface area contributed by atoms with Gasteiger partial charge in [-0.25, -0.2) is 8.42 Å². The molecule has 1 aliphatic heterocycles. The number of carbonyl (C=O) groups is 1. The van der Waals surface area contributed by atoms with E-state index in [1.54, 1.807) is 24.3 Å². The van der Waals surface area contributed by atoms with Crippen molar-refractivity contribution in [1.29, 1.82) is 0 Å². The van der Waals surface area contributed by atoms with Crippen molar-refractivity contribution in [3.05, 3.63) is 30.2 Å². The van der Waals surface area contributed by atoms with E-state index in [-0.39, 0.29) is 16.8 Å². The van der Waals surface area contributed by atoms with Gasteiger partial charge in [-0.05, 0) is 49.9 Å². The van der Waals surface area contributed by atoms with Crippen LogP contribution in [0.4, 0.5) is 0 Å². The van der Waals surface area contributed by atoms with Crippen LogP contribution in [0, 0.1) is 0 Å². The molecule has 2 aliphatic rings. The molecule has 0 bridgehead atoms. The molecule has 2 aromatic rings. The number of hydrogen-bond acceptors (Lipinski definition) is 6. The third kappa shape index (κ3) is 5.75. The van der Waals surface area contributed by atoms with E-state index in [4.69, 9.17) is 4.52 Å². The predicted octanol–water partition coefficient (Wildman–Crippen LogP) is 3.68. The average molecular weight is 461 g/mol. The highest BCUT2D eigenvalue weighted by Crippen LogP contribution is 2.24. The Kier molecular flexibility index (Phi) is 7.57. The first-order chi connectivity index (χ1) is 15.5. The van der Waals surface area contributed by atoms with Crippen molar-refractivity contribution in [1.82, 2.24) is 19.8 Å². The fraction of sp³-hybridized carbons (Fsp3) is 0.609. The number of aromatic nitrogens is 2. The van der Waals surface area contributed by atoms with E-state index in [0.29, 0.717) is 43.2 Å². The fourth-order valence-electron chi connectivity index (χ4n) is 4.45. The summed E-state index contributed by atoms with van der Waals surface area (Å²) in [6.45, 7) is 1.15. The van der Waals surface area contributed by atoms with E-state index >= 15 is 0 Å². The van der Waals surface area contributed by atoms with Crippen LogP contribution in [-0.2, 0) is 21.2 Å². The summed E-state index contributed by atoms with van der Waals surface area (Å²) in [5.41, 5.74) is 0.680. The Morgan fingerprint density at radius 1 is 1.00 bits per heavy atom. The Labute approximate surface area is 189 Å². The van der Waals surface area contributed by atoms with Crippen LogP contribution in [0.5, 0.6) is 0 Å². The normalized spacial score (nSPS) is 18.9. The van der Waals surface area contributed by atoms with Gasteiger partial charge in [-0.3, -0.25) is 4.79 Å². The number of amides is 1. The first kappa shape index (κ1) is 22.9. The van der Waals surface area contributed by atoms with E-state index in [1.807, 2.05) is 0 Å². The fourth-order valence-corrected chi connectivity index (χ4v) is 5.97. The van der Waals surface area contributed by atoms with Crippen molar-refractivity contribution in [2.24, 2.45) is 0 Å². The number of hydrogen-bond donors (Lipinski definition) is 1. The molecule has 1 aromatic carbocycles. The zero-order valence-corrected chi connectivity index (χ0v) is 19.3. The lowest BCUT2D eigenvalue weighted by molar-refractivity contribution is -0.122. The molecule has 1 N–H and O–H groups in total. The minimum Gasteiger partial charge on any atom is -0.353 e.